The highest BCUT2D eigenvalue weighted by molar-refractivity contribution is 7.22. The predicted octanol–water partition coefficient (Wildman–Crippen LogP) is 3.46. The molecule has 2 N–H and O–H groups in total. The van der Waals surface area contributed by atoms with Crippen molar-refractivity contribution >= 4 is 32.6 Å². The van der Waals surface area contributed by atoms with Crippen molar-refractivity contribution in [1.29, 1.82) is 0 Å². The lowest BCUT2D eigenvalue weighted by molar-refractivity contribution is 0.0959. The molecule has 124 valence electrons. The van der Waals surface area contributed by atoms with E-state index in [4.69, 9.17) is 9.47 Å². The maximum atomic E-state index is 12.3. The van der Waals surface area contributed by atoms with Crippen LogP contribution in [0.4, 0.5) is 5.13 Å². The van der Waals surface area contributed by atoms with E-state index in [1.54, 1.807) is 18.2 Å². The van der Waals surface area contributed by atoms with Crippen molar-refractivity contribution in [3.8, 4) is 11.5 Å². The number of carbonyl (C=O) groups excluding carboxylic acids is 1. The summed E-state index contributed by atoms with van der Waals surface area (Å²) in [5, 5.41) is 0.599. The molecule has 0 saturated carbocycles. The number of nitrogens with one attached hydrogen (secondary N) is 2. The highest BCUT2D eigenvalue weighted by Crippen LogP contribution is 2.29. The summed E-state index contributed by atoms with van der Waals surface area (Å²) >= 11 is 1.44. The van der Waals surface area contributed by atoms with Crippen LogP contribution in [-0.2, 0) is 0 Å². The summed E-state index contributed by atoms with van der Waals surface area (Å²) in [5.74, 6) is 1.03. The van der Waals surface area contributed by atoms with Crippen LogP contribution in [0.25, 0.3) is 10.2 Å². The second-order valence-electron chi connectivity index (χ2n) is 4.86. The Bertz CT molecular complexity index is 863. The summed E-state index contributed by atoms with van der Waals surface area (Å²) in [5.41, 5.74) is 6.78. The molecule has 3 rings (SSSR count). The molecule has 1 amide bonds. The van der Waals surface area contributed by atoms with Crippen LogP contribution in [0.3, 0.4) is 0 Å². The van der Waals surface area contributed by atoms with Gasteiger partial charge in [-0.1, -0.05) is 23.5 Å². The number of carbonyl (C=O) groups is 1. The molecule has 2 aromatic carbocycles. The second kappa shape index (κ2) is 7.18. The molecule has 0 spiro atoms. The first kappa shape index (κ1) is 16.1. The van der Waals surface area contributed by atoms with Gasteiger partial charge in [-0.3, -0.25) is 15.6 Å². The van der Waals surface area contributed by atoms with Crippen LogP contribution in [0, 0.1) is 0 Å². The summed E-state index contributed by atoms with van der Waals surface area (Å²) < 4.78 is 11.6. The minimum Gasteiger partial charge on any atom is -0.496 e. The molecule has 7 heteroatoms. The molecule has 0 atom stereocenters. The average Bonchev–Trinajstić information content (AvgIpc) is 3.02. The molecule has 24 heavy (non-hydrogen) atoms. The largest absolute Gasteiger partial charge is 0.496 e. The van der Waals surface area contributed by atoms with Gasteiger partial charge in [0.15, 0.2) is 0 Å². The summed E-state index contributed by atoms with van der Waals surface area (Å²) in [7, 11) is 1.53. The average molecular weight is 343 g/mol. The standard InChI is InChI=1S/C17H17N3O3S/c1-3-23-11-8-9-13-15(10-11)24-17(18-13)20-19-16(21)12-6-4-5-7-14(12)22-2/h4-10H,3H2,1-2H3,(H,18,20)(H,19,21). The lowest BCUT2D eigenvalue weighted by Gasteiger charge is -2.08. The van der Waals surface area contributed by atoms with Crippen LogP contribution in [0.1, 0.15) is 17.3 Å². The van der Waals surface area contributed by atoms with Crippen molar-refractivity contribution in [3.63, 3.8) is 0 Å². The topological polar surface area (TPSA) is 72.5 Å². The third kappa shape index (κ3) is 3.41. The van der Waals surface area contributed by atoms with Gasteiger partial charge in [0.2, 0.25) is 5.13 Å². The summed E-state index contributed by atoms with van der Waals surface area (Å²) in [6.45, 7) is 2.56. The van der Waals surface area contributed by atoms with Crippen LogP contribution in [0.15, 0.2) is 42.5 Å². The van der Waals surface area contributed by atoms with Gasteiger partial charge in [-0.25, -0.2) is 4.98 Å². The van der Waals surface area contributed by atoms with Crippen molar-refractivity contribution in [2.75, 3.05) is 19.1 Å². The van der Waals surface area contributed by atoms with Crippen LogP contribution in [0.2, 0.25) is 0 Å². The van der Waals surface area contributed by atoms with Gasteiger partial charge in [0.25, 0.3) is 5.91 Å². The predicted molar refractivity (Wildman–Crippen MR) is 94.9 cm³/mol. The Hall–Kier alpha value is -2.80. The Kier molecular flexibility index (Phi) is 4.81. The number of nitrogens with zero attached hydrogens (tertiary/aromatic N) is 1. The van der Waals surface area contributed by atoms with E-state index in [-0.39, 0.29) is 5.91 Å². The minimum absolute atomic E-state index is 0.290. The number of hydrazine groups is 1. The third-order valence-corrected chi connectivity index (χ3v) is 4.24. The number of rotatable bonds is 6. The summed E-state index contributed by atoms with van der Waals surface area (Å²) in [4.78, 5) is 16.7. The number of hydrogen-bond donors (Lipinski definition) is 2. The van der Waals surface area contributed by atoms with Gasteiger partial charge in [0.1, 0.15) is 11.5 Å². The van der Waals surface area contributed by atoms with Gasteiger partial charge in [-0.05, 0) is 37.3 Å². The Morgan fingerprint density at radius 2 is 2.08 bits per heavy atom. The molecule has 0 aliphatic heterocycles. The van der Waals surface area contributed by atoms with E-state index >= 15 is 0 Å². The number of fused-ring (bicyclic) bond motifs is 1. The zero-order valence-corrected chi connectivity index (χ0v) is 14.1. The van der Waals surface area contributed by atoms with Crippen LogP contribution in [-0.4, -0.2) is 24.6 Å². The number of thiazole rings is 1. The molecule has 6 nitrogen and oxygen atoms in total. The van der Waals surface area contributed by atoms with Gasteiger partial charge >= 0.3 is 0 Å². The number of anilines is 1. The van der Waals surface area contributed by atoms with E-state index in [1.807, 2.05) is 31.2 Å². The van der Waals surface area contributed by atoms with Crippen molar-refractivity contribution in [2.24, 2.45) is 0 Å². The van der Waals surface area contributed by atoms with Gasteiger partial charge in [0, 0.05) is 0 Å². The molecule has 0 unspecified atom stereocenters. The van der Waals surface area contributed by atoms with Gasteiger partial charge in [-0.15, -0.1) is 0 Å². The van der Waals surface area contributed by atoms with E-state index < -0.39 is 0 Å². The molecular formula is C17H17N3O3S. The number of para-hydroxylation sites is 1. The van der Waals surface area contributed by atoms with Crippen LogP contribution >= 0.6 is 11.3 Å². The number of hydrogen-bond acceptors (Lipinski definition) is 6. The minimum atomic E-state index is -0.290. The normalized spacial score (nSPS) is 10.4. The quantitative estimate of drug-likeness (QED) is 0.671. The molecule has 3 aromatic rings. The number of aromatic nitrogens is 1. The highest BCUT2D eigenvalue weighted by Gasteiger charge is 2.12. The number of methoxy groups -OCH3 is 1. The van der Waals surface area contributed by atoms with E-state index in [2.05, 4.69) is 15.8 Å². The monoisotopic (exact) mass is 343 g/mol. The number of ether oxygens (including phenoxy) is 2. The molecule has 1 heterocycles. The van der Waals surface area contributed by atoms with E-state index in [0.717, 1.165) is 16.0 Å². The maximum absolute atomic E-state index is 12.3. The number of amides is 1. The van der Waals surface area contributed by atoms with Crippen molar-refractivity contribution in [1.82, 2.24) is 10.4 Å². The first-order valence-electron chi connectivity index (χ1n) is 7.44. The lowest BCUT2D eigenvalue weighted by atomic mass is 10.2. The molecule has 0 bridgehead atoms. The summed E-state index contributed by atoms with van der Waals surface area (Å²) in [6, 6.07) is 12.7. The molecule has 0 fully saturated rings. The second-order valence-corrected chi connectivity index (χ2v) is 5.89. The van der Waals surface area contributed by atoms with Crippen molar-refractivity contribution < 1.29 is 14.3 Å². The Labute approximate surface area is 143 Å². The lowest BCUT2D eigenvalue weighted by Crippen LogP contribution is -2.29. The molecule has 0 radical (unpaired) electrons. The van der Waals surface area contributed by atoms with Crippen molar-refractivity contribution in [3.05, 3.63) is 48.0 Å². The van der Waals surface area contributed by atoms with Crippen LogP contribution < -0.4 is 20.3 Å². The molecule has 0 aliphatic rings. The van der Waals surface area contributed by atoms with E-state index in [0.29, 0.717) is 23.1 Å². The zero-order chi connectivity index (χ0) is 16.9. The van der Waals surface area contributed by atoms with Gasteiger partial charge < -0.3 is 9.47 Å². The number of benzene rings is 2. The van der Waals surface area contributed by atoms with Gasteiger partial charge in [0.05, 0.1) is 29.5 Å². The molecule has 0 saturated heterocycles. The first-order valence-corrected chi connectivity index (χ1v) is 8.25. The molecule has 0 aliphatic carbocycles. The van der Waals surface area contributed by atoms with Crippen molar-refractivity contribution in [2.45, 2.75) is 6.92 Å². The Morgan fingerprint density at radius 1 is 1.25 bits per heavy atom. The van der Waals surface area contributed by atoms with Gasteiger partial charge in [-0.2, -0.15) is 0 Å². The van der Waals surface area contributed by atoms with Crippen LogP contribution in [0.5, 0.6) is 11.5 Å². The fraction of sp³-hybridized carbons (Fsp3) is 0.176. The summed E-state index contributed by atoms with van der Waals surface area (Å²) in [6.07, 6.45) is 0. The van der Waals surface area contributed by atoms with E-state index in [9.17, 15) is 4.79 Å². The fourth-order valence-corrected chi connectivity index (χ4v) is 3.07. The molecular weight excluding hydrogens is 326 g/mol. The Morgan fingerprint density at radius 3 is 2.88 bits per heavy atom. The Balaban J connectivity index is 1.72. The SMILES string of the molecule is CCOc1ccc2nc(NNC(=O)c3ccccc3OC)sc2c1. The smallest absolute Gasteiger partial charge is 0.273 e. The maximum Gasteiger partial charge on any atom is 0.273 e. The fourth-order valence-electron chi connectivity index (χ4n) is 2.22. The first-order chi connectivity index (χ1) is 11.7. The van der Waals surface area contributed by atoms with E-state index in [1.165, 1.54) is 18.4 Å². The third-order valence-electron chi connectivity index (χ3n) is 3.31. The highest BCUT2D eigenvalue weighted by atomic mass is 32.1. The molecule has 1 aromatic heterocycles. The zero-order valence-electron chi connectivity index (χ0n) is 13.3.